The second kappa shape index (κ2) is 3.87. The maximum Gasteiger partial charge on any atom is 0.311 e. The van der Waals surface area contributed by atoms with Crippen molar-refractivity contribution in [2.24, 2.45) is 5.41 Å². The molecule has 82 valence electrons. The Bertz CT molecular complexity index is 214. The highest BCUT2D eigenvalue weighted by Crippen LogP contribution is 2.24. The van der Waals surface area contributed by atoms with E-state index in [2.05, 4.69) is 5.32 Å². The van der Waals surface area contributed by atoms with Gasteiger partial charge in [0, 0.05) is 13.0 Å². The number of esters is 1. The number of carbonyl (C=O) groups excluding carboxylic acids is 1. The fourth-order valence-corrected chi connectivity index (χ4v) is 1.32. The Morgan fingerprint density at radius 2 is 2.21 bits per heavy atom. The normalized spacial score (nSPS) is 27.7. The molecule has 0 aliphatic carbocycles. The molecule has 1 saturated heterocycles. The molecule has 1 aliphatic rings. The molecule has 1 fully saturated rings. The maximum atomic E-state index is 11.6. The molecule has 4 heteroatoms. The molecule has 4 nitrogen and oxygen atoms in total. The molecule has 1 atom stereocenters. The van der Waals surface area contributed by atoms with Gasteiger partial charge in [-0.05, 0) is 27.3 Å². The highest BCUT2D eigenvalue weighted by atomic mass is 16.6. The van der Waals surface area contributed by atoms with Crippen molar-refractivity contribution in [1.29, 1.82) is 0 Å². The van der Waals surface area contributed by atoms with Gasteiger partial charge in [0.15, 0.2) is 0 Å². The minimum absolute atomic E-state index is 0.109. The minimum Gasteiger partial charge on any atom is -0.455 e. The van der Waals surface area contributed by atoms with E-state index < -0.39 is 11.0 Å². The molecule has 0 bridgehead atoms. The number of nitrogens with one attached hydrogen (secondary N) is 1. The molecule has 1 rings (SSSR count). The smallest absolute Gasteiger partial charge is 0.311 e. The van der Waals surface area contributed by atoms with Gasteiger partial charge in [-0.1, -0.05) is 0 Å². The van der Waals surface area contributed by atoms with Crippen LogP contribution in [0.2, 0.25) is 0 Å². The van der Waals surface area contributed by atoms with Gasteiger partial charge in [-0.25, -0.2) is 0 Å². The quantitative estimate of drug-likeness (QED) is 0.631. The van der Waals surface area contributed by atoms with Gasteiger partial charge in [-0.2, -0.15) is 0 Å². The summed E-state index contributed by atoms with van der Waals surface area (Å²) in [6, 6.07) is 0. The molecule has 0 amide bonds. The number of rotatable bonds is 2. The van der Waals surface area contributed by atoms with Gasteiger partial charge in [0.1, 0.15) is 5.60 Å². The zero-order chi connectivity index (χ0) is 10.8. The van der Waals surface area contributed by atoms with Gasteiger partial charge >= 0.3 is 5.97 Å². The van der Waals surface area contributed by atoms with E-state index in [1.807, 2.05) is 20.8 Å². The van der Waals surface area contributed by atoms with Crippen LogP contribution >= 0.6 is 0 Å². The van der Waals surface area contributed by atoms with Gasteiger partial charge in [0.05, 0.1) is 12.0 Å². The molecule has 0 radical (unpaired) electrons. The average molecular weight is 201 g/mol. The van der Waals surface area contributed by atoms with Gasteiger partial charge in [0.2, 0.25) is 0 Å². The van der Waals surface area contributed by atoms with Crippen molar-refractivity contribution in [2.75, 3.05) is 19.7 Å². The Hall–Kier alpha value is -0.610. The van der Waals surface area contributed by atoms with E-state index in [1.54, 1.807) is 0 Å². The van der Waals surface area contributed by atoms with Gasteiger partial charge in [-0.15, -0.1) is 0 Å². The Morgan fingerprint density at radius 1 is 1.57 bits per heavy atom. The van der Waals surface area contributed by atoms with Crippen molar-refractivity contribution in [3.05, 3.63) is 0 Å². The number of ether oxygens (including phenoxy) is 1. The first-order chi connectivity index (χ1) is 6.40. The molecule has 0 aromatic heterocycles. The Morgan fingerprint density at radius 3 is 2.57 bits per heavy atom. The molecule has 1 unspecified atom stereocenters. The predicted octanol–water partition coefficient (Wildman–Crippen LogP) is 0.300. The summed E-state index contributed by atoms with van der Waals surface area (Å²) < 4.78 is 5.36. The topological polar surface area (TPSA) is 58.6 Å². The lowest BCUT2D eigenvalue weighted by atomic mass is 9.96. The van der Waals surface area contributed by atoms with Crippen molar-refractivity contribution in [3.63, 3.8) is 0 Å². The van der Waals surface area contributed by atoms with Gasteiger partial charge in [-0.3, -0.25) is 4.79 Å². The van der Waals surface area contributed by atoms with Crippen LogP contribution in [0.15, 0.2) is 0 Å². The molecule has 0 aromatic rings. The molecule has 2 N–H and O–H groups in total. The summed E-state index contributed by atoms with van der Waals surface area (Å²) in [6.07, 6.45) is 0.686. The summed E-state index contributed by atoms with van der Waals surface area (Å²) >= 11 is 0. The number of aliphatic hydroxyl groups is 1. The Labute approximate surface area is 84.6 Å². The summed E-state index contributed by atoms with van der Waals surface area (Å²) in [7, 11) is 0. The molecule has 14 heavy (non-hydrogen) atoms. The number of hydrogen-bond acceptors (Lipinski definition) is 4. The predicted molar refractivity (Wildman–Crippen MR) is 52.9 cm³/mol. The number of carbonyl (C=O) groups is 1. The minimum atomic E-state index is -0.690. The third kappa shape index (κ3) is 2.45. The molecule has 0 saturated carbocycles. The van der Waals surface area contributed by atoms with Crippen LogP contribution in [0, 0.1) is 5.41 Å². The zero-order valence-corrected chi connectivity index (χ0v) is 9.09. The van der Waals surface area contributed by atoms with Crippen LogP contribution in [0.5, 0.6) is 0 Å². The van der Waals surface area contributed by atoms with Crippen LogP contribution in [0.4, 0.5) is 0 Å². The Balaban J connectivity index is 2.61. The molecular weight excluding hydrogens is 182 g/mol. The summed E-state index contributed by atoms with van der Waals surface area (Å²) in [5.74, 6) is -0.254. The molecular formula is C10H19NO3. The van der Waals surface area contributed by atoms with Crippen molar-refractivity contribution >= 4 is 5.97 Å². The van der Waals surface area contributed by atoms with Crippen LogP contribution in [0.3, 0.4) is 0 Å². The highest BCUT2D eigenvalue weighted by Gasteiger charge is 2.39. The fourth-order valence-electron chi connectivity index (χ4n) is 1.32. The van der Waals surface area contributed by atoms with Crippen LogP contribution < -0.4 is 5.32 Å². The lowest BCUT2D eigenvalue weighted by Crippen LogP contribution is -2.43. The van der Waals surface area contributed by atoms with Gasteiger partial charge < -0.3 is 15.2 Å². The summed E-state index contributed by atoms with van der Waals surface area (Å²) in [4.78, 5) is 11.6. The van der Waals surface area contributed by atoms with E-state index in [9.17, 15) is 9.90 Å². The third-order valence-electron chi connectivity index (χ3n) is 2.41. The number of aliphatic hydroxyl groups excluding tert-OH is 1. The second-order valence-electron chi connectivity index (χ2n) is 4.91. The number of hydrogen-bond donors (Lipinski definition) is 2. The summed E-state index contributed by atoms with van der Waals surface area (Å²) in [5.41, 5.74) is -1.20. The van der Waals surface area contributed by atoms with E-state index in [0.29, 0.717) is 13.0 Å². The largest absolute Gasteiger partial charge is 0.455 e. The highest BCUT2D eigenvalue weighted by molar-refractivity contribution is 5.75. The van der Waals surface area contributed by atoms with Crippen molar-refractivity contribution < 1.29 is 14.6 Å². The van der Waals surface area contributed by atoms with E-state index >= 15 is 0 Å². The standard InChI is InChI=1S/C10H19NO3/c1-9(2,3)8(13)14-10(7-12)4-5-11-6-10/h11-12H,4-7H2,1-3H3. The van der Waals surface area contributed by atoms with Crippen LogP contribution in [-0.4, -0.2) is 36.4 Å². The van der Waals surface area contributed by atoms with Crippen molar-refractivity contribution in [1.82, 2.24) is 5.32 Å². The molecule has 0 spiro atoms. The summed E-state index contributed by atoms with van der Waals surface area (Å²) in [6.45, 7) is 6.65. The van der Waals surface area contributed by atoms with Crippen molar-refractivity contribution in [3.8, 4) is 0 Å². The zero-order valence-electron chi connectivity index (χ0n) is 9.09. The monoisotopic (exact) mass is 201 g/mol. The fraction of sp³-hybridized carbons (Fsp3) is 0.900. The van der Waals surface area contributed by atoms with Crippen LogP contribution in [0.25, 0.3) is 0 Å². The van der Waals surface area contributed by atoms with Gasteiger partial charge in [0.25, 0.3) is 0 Å². The lowest BCUT2D eigenvalue weighted by Gasteiger charge is -2.29. The van der Waals surface area contributed by atoms with E-state index in [1.165, 1.54) is 0 Å². The molecule has 0 aromatic carbocycles. The van der Waals surface area contributed by atoms with E-state index in [4.69, 9.17) is 4.74 Å². The summed E-state index contributed by atoms with van der Waals surface area (Å²) in [5, 5.41) is 12.3. The first-order valence-corrected chi connectivity index (χ1v) is 4.95. The second-order valence-corrected chi connectivity index (χ2v) is 4.91. The average Bonchev–Trinajstić information content (AvgIpc) is 2.52. The lowest BCUT2D eigenvalue weighted by molar-refractivity contribution is -0.171. The Kier molecular flexibility index (Phi) is 3.17. The van der Waals surface area contributed by atoms with E-state index in [-0.39, 0.29) is 12.6 Å². The van der Waals surface area contributed by atoms with Crippen LogP contribution in [0.1, 0.15) is 27.2 Å². The van der Waals surface area contributed by atoms with Crippen LogP contribution in [-0.2, 0) is 9.53 Å². The first-order valence-electron chi connectivity index (χ1n) is 4.95. The first kappa shape index (κ1) is 11.5. The maximum absolute atomic E-state index is 11.6. The van der Waals surface area contributed by atoms with E-state index in [0.717, 1.165) is 6.54 Å². The third-order valence-corrected chi connectivity index (χ3v) is 2.41. The molecule has 1 heterocycles. The SMILES string of the molecule is CC(C)(C)C(=O)OC1(CO)CCNC1. The van der Waals surface area contributed by atoms with Crippen molar-refractivity contribution in [2.45, 2.75) is 32.8 Å². The molecule has 1 aliphatic heterocycles.